The molecule has 0 aliphatic heterocycles. The van der Waals surface area contributed by atoms with Crippen molar-refractivity contribution in [3.05, 3.63) is 53.1 Å². The van der Waals surface area contributed by atoms with Crippen molar-refractivity contribution >= 4 is 39.7 Å². The largest absolute Gasteiger partial charge is 0.388 e. The fourth-order valence-electron chi connectivity index (χ4n) is 2.41. The predicted octanol–water partition coefficient (Wildman–Crippen LogP) is 4.52. The second-order valence-corrected chi connectivity index (χ2v) is 5.24. The minimum atomic E-state index is -0.502. The summed E-state index contributed by atoms with van der Waals surface area (Å²) in [5.41, 5.74) is 3.03. The molecular weight excluding hydrogens is 303 g/mol. The molecule has 0 radical (unpaired) electrons. The van der Waals surface area contributed by atoms with Gasteiger partial charge >= 0.3 is 0 Å². The fraction of sp³-hybridized carbons (Fsp3) is 0.125. The van der Waals surface area contributed by atoms with E-state index in [0.717, 1.165) is 22.2 Å². The first kappa shape index (κ1) is 14.5. The van der Waals surface area contributed by atoms with Crippen LogP contribution in [0.25, 0.3) is 10.9 Å². The van der Waals surface area contributed by atoms with Crippen LogP contribution < -0.4 is 10.6 Å². The molecule has 22 heavy (non-hydrogen) atoms. The molecule has 3 aromatic rings. The van der Waals surface area contributed by atoms with Crippen LogP contribution in [-0.2, 0) is 0 Å². The normalized spacial score (nSPS) is 10.7. The summed E-state index contributed by atoms with van der Waals surface area (Å²) in [6.07, 6.45) is 1.45. The molecule has 0 amide bonds. The number of halogens is 2. The molecule has 0 aliphatic rings. The number of aromatic nitrogens is 2. The van der Waals surface area contributed by atoms with Crippen LogP contribution in [0.15, 0.2) is 36.7 Å². The topological polar surface area (TPSA) is 49.8 Å². The number of nitrogens with zero attached hydrogens (tertiary/aromatic N) is 2. The highest BCUT2D eigenvalue weighted by Gasteiger charge is 2.12. The Morgan fingerprint density at radius 2 is 1.91 bits per heavy atom. The van der Waals surface area contributed by atoms with E-state index in [2.05, 4.69) is 20.6 Å². The lowest BCUT2D eigenvalue weighted by molar-refractivity contribution is 0.632. The zero-order chi connectivity index (χ0) is 15.7. The van der Waals surface area contributed by atoms with Gasteiger partial charge in [-0.1, -0.05) is 17.7 Å². The standard InChI is InChI=1S/C16H14ClFN4/c1-9-11(19-2)6-7-12-14(9)16(21-8-20-12)22-13-5-3-4-10(17)15(13)18/h3-8,19H,1-2H3,(H,20,21,22). The van der Waals surface area contributed by atoms with Gasteiger partial charge in [-0.15, -0.1) is 0 Å². The van der Waals surface area contributed by atoms with Gasteiger partial charge in [0.25, 0.3) is 0 Å². The Kier molecular flexibility index (Phi) is 3.81. The number of hydrogen-bond acceptors (Lipinski definition) is 4. The smallest absolute Gasteiger partial charge is 0.165 e. The molecule has 4 nitrogen and oxygen atoms in total. The van der Waals surface area contributed by atoms with Crippen LogP contribution in [0, 0.1) is 12.7 Å². The number of benzene rings is 2. The lowest BCUT2D eigenvalue weighted by Gasteiger charge is -2.13. The van der Waals surface area contributed by atoms with E-state index in [0.29, 0.717) is 5.82 Å². The van der Waals surface area contributed by atoms with Gasteiger partial charge < -0.3 is 10.6 Å². The van der Waals surface area contributed by atoms with Crippen molar-refractivity contribution in [1.29, 1.82) is 0 Å². The summed E-state index contributed by atoms with van der Waals surface area (Å²) >= 11 is 5.82. The maximum atomic E-state index is 14.1. The second kappa shape index (κ2) is 5.77. The Labute approximate surface area is 132 Å². The minimum absolute atomic E-state index is 0.0657. The first-order valence-electron chi connectivity index (χ1n) is 6.75. The van der Waals surface area contributed by atoms with Gasteiger partial charge in [-0.2, -0.15) is 0 Å². The van der Waals surface area contributed by atoms with E-state index in [1.54, 1.807) is 12.1 Å². The molecule has 1 aromatic heterocycles. The van der Waals surface area contributed by atoms with Gasteiger partial charge in [-0.25, -0.2) is 14.4 Å². The van der Waals surface area contributed by atoms with Crippen LogP contribution >= 0.6 is 11.6 Å². The van der Waals surface area contributed by atoms with Crippen LogP contribution in [0.4, 0.5) is 21.6 Å². The van der Waals surface area contributed by atoms with Crippen LogP contribution in [0.3, 0.4) is 0 Å². The van der Waals surface area contributed by atoms with Crippen molar-refractivity contribution in [3.8, 4) is 0 Å². The fourth-order valence-corrected chi connectivity index (χ4v) is 2.59. The number of rotatable bonds is 3. The lowest BCUT2D eigenvalue weighted by atomic mass is 10.1. The van der Waals surface area contributed by atoms with Crippen LogP contribution in [-0.4, -0.2) is 17.0 Å². The SMILES string of the molecule is CNc1ccc2ncnc(Nc3cccc(Cl)c3F)c2c1C. The maximum absolute atomic E-state index is 14.1. The third kappa shape index (κ3) is 2.44. The first-order chi connectivity index (χ1) is 10.6. The zero-order valence-corrected chi connectivity index (χ0v) is 12.9. The molecule has 2 N–H and O–H groups in total. The Balaban J connectivity index is 2.16. The molecule has 0 bridgehead atoms. The van der Waals surface area contributed by atoms with Gasteiger partial charge in [-0.05, 0) is 36.8 Å². The van der Waals surface area contributed by atoms with Crippen LogP contribution in [0.1, 0.15) is 5.56 Å². The molecule has 3 rings (SSSR count). The number of fused-ring (bicyclic) bond motifs is 1. The average molecular weight is 317 g/mol. The van der Waals surface area contributed by atoms with E-state index >= 15 is 0 Å². The van der Waals surface area contributed by atoms with Gasteiger partial charge in [0.1, 0.15) is 12.1 Å². The summed E-state index contributed by atoms with van der Waals surface area (Å²) in [6, 6.07) is 8.66. The Morgan fingerprint density at radius 1 is 1.09 bits per heavy atom. The molecule has 2 aromatic carbocycles. The van der Waals surface area contributed by atoms with Crippen LogP contribution in [0.2, 0.25) is 5.02 Å². The number of nitrogens with one attached hydrogen (secondary N) is 2. The Hall–Kier alpha value is -2.40. The van der Waals surface area contributed by atoms with Crippen molar-refractivity contribution < 1.29 is 4.39 Å². The van der Waals surface area contributed by atoms with E-state index in [1.165, 1.54) is 12.4 Å². The average Bonchev–Trinajstić information content (AvgIpc) is 2.52. The lowest BCUT2D eigenvalue weighted by Crippen LogP contribution is -2.01. The Bertz CT molecular complexity index is 851. The molecule has 112 valence electrons. The highest BCUT2D eigenvalue weighted by atomic mass is 35.5. The molecule has 0 aliphatic carbocycles. The van der Waals surface area contributed by atoms with Crippen molar-refractivity contribution in [2.24, 2.45) is 0 Å². The monoisotopic (exact) mass is 316 g/mol. The predicted molar refractivity (Wildman–Crippen MR) is 88.5 cm³/mol. The van der Waals surface area contributed by atoms with E-state index < -0.39 is 5.82 Å². The molecule has 0 spiro atoms. The van der Waals surface area contributed by atoms with Crippen molar-refractivity contribution in [2.75, 3.05) is 17.7 Å². The maximum Gasteiger partial charge on any atom is 0.165 e. The van der Waals surface area contributed by atoms with Crippen molar-refractivity contribution in [1.82, 2.24) is 9.97 Å². The number of anilines is 3. The second-order valence-electron chi connectivity index (χ2n) is 4.83. The zero-order valence-electron chi connectivity index (χ0n) is 12.1. The van der Waals surface area contributed by atoms with Gasteiger partial charge in [0.15, 0.2) is 5.82 Å². The van der Waals surface area contributed by atoms with E-state index in [9.17, 15) is 4.39 Å². The number of aryl methyl sites for hydroxylation is 1. The molecule has 0 saturated heterocycles. The summed E-state index contributed by atoms with van der Waals surface area (Å²) in [6.45, 7) is 1.97. The van der Waals surface area contributed by atoms with Crippen LogP contribution in [0.5, 0.6) is 0 Å². The van der Waals surface area contributed by atoms with Gasteiger partial charge in [0.2, 0.25) is 0 Å². The molecular formula is C16H14ClFN4. The molecule has 1 heterocycles. The van der Waals surface area contributed by atoms with Gasteiger partial charge in [-0.3, -0.25) is 0 Å². The molecule has 0 saturated carbocycles. The summed E-state index contributed by atoms with van der Waals surface area (Å²) in [7, 11) is 1.85. The summed E-state index contributed by atoms with van der Waals surface area (Å²) in [5.74, 6) is 0.0409. The molecule has 0 atom stereocenters. The van der Waals surface area contributed by atoms with E-state index in [1.807, 2.05) is 26.1 Å². The Morgan fingerprint density at radius 3 is 2.68 bits per heavy atom. The third-order valence-electron chi connectivity index (χ3n) is 3.54. The van der Waals surface area contributed by atoms with Gasteiger partial charge in [0.05, 0.1) is 16.2 Å². The van der Waals surface area contributed by atoms with Crippen molar-refractivity contribution in [2.45, 2.75) is 6.92 Å². The molecule has 0 unspecified atom stereocenters. The van der Waals surface area contributed by atoms with Gasteiger partial charge in [0, 0.05) is 18.1 Å². The molecule has 6 heteroatoms. The van der Waals surface area contributed by atoms with E-state index in [4.69, 9.17) is 11.6 Å². The highest BCUT2D eigenvalue weighted by Crippen LogP contribution is 2.32. The third-order valence-corrected chi connectivity index (χ3v) is 3.83. The highest BCUT2D eigenvalue weighted by molar-refractivity contribution is 6.31. The first-order valence-corrected chi connectivity index (χ1v) is 7.12. The summed E-state index contributed by atoms with van der Waals surface area (Å²) in [4.78, 5) is 8.51. The van der Waals surface area contributed by atoms with Crippen molar-refractivity contribution in [3.63, 3.8) is 0 Å². The summed E-state index contributed by atoms with van der Waals surface area (Å²) < 4.78 is 14.1. The number of hydrogen-bond donors (Lipinski definition) is 2. The minimum Gasteiger partial charge on any atom is -0.388 e. The quantitative estimate of drug-likeness (QED) is 0.746. The van der Waals surface area contributed by atoms with E-state index in [-0.39, 0.29) is 10.7 Å². The summed E-state index contributed by atoms with van der Waals surface area (Å²) in [5, 5.41) is 7.04. The molecule has 0 fully saturated rings.